The van der Waals surface area contributed by atoms with E-state index in [0.717, 1.165) is 6.42 Å². The molecule has 4 heteroatoms. The molecule has 2 unspecified atom stereocenters. The van der Waals surface area contributed by atoms with Gasteiger partial charge in [-0.25, -0.2) is 0 Å². The number of nitrogens with one attached hydrogen (secondary N) is 1. The number of nitrogens with two attached hydrogens (primary N) is 1. The largest absolute Gasteiger partial charge is 0.271 e. The number of hydrogen-bond acceptors (Lipinski definition) is 4. The van der Waals surface area contributed by atoms with Gasteiger partial charge in [0.2, 0.25) is 0 Å². The molecule has 94 valence electrons. The molecule has 2 rings (SSSR count). The highest BCUT2D eigenvalue weighted by molar-refractivity contribution is 8.06. The molecular weight excluding hydrogens is 248 g/mol. The van der Waals surface area contributed by atoms with Crippen LogP contribution in [0.3, 0.4) is 0 Å². The lowest BCUT2D eigenvalue weighted by atomic mass is 10.0. The number of aryl methyl sites for hydroxylation is 1. The number of benzene rings is 1. The molecule has 0 amide bonds. The topological polar surface area (TPSA) is 38.0 Å². The normalized spacial score (nSPS) is 22.4. The molecule has 0 spiro atoms. The fraction of sp³-hybridized carbons (Fsp3) is 0.538. The molecule has 1 aromatic carbocycles. The molecule has 1 heterocycles. The van der Waals surface area contributed by atoms with Crippen molar-refractivity contribution in [1.82, 2.24) is 5.43 Å². The molecule has 17 heavy (non-hydrogen) atoms. The van der Waals surface area contributed by atoms with Gasteiger partial charge in [-0.1, -0.05) is 29.8 Å². The Labute approximate surface area is 112 Å². The highest BCUT2D eigenvalue weighted by Crippen LogP contribution is 2.27. The van der Waals surface area contributed by atoms with Crippen molar-refractivity contribution in [3.05, 3.63) is 35.4 Å². The summed E-state index contributed by atoms with van der Waals surface area (Å²) in [6.45, 7) is 2.12. The van der Waals surface area contributed by atoms with Crippen molar-refractivity contribution < 1.29 is 0 Å². The predicted molar refractivity (Wildman–Crippen MR) is 79.6 cm³/mol. The Balaban J connectivity index is 1.96. The van der Waals surface area contributed by atoms with Crippen LogP contribution in [-0.4, -0.2) is 28.6 Å². The highest BCUT2D eigenvalue weighted by Gasteiger charge is 2.23. The minimum atomic E-state index is 0.385. The second-order valence-electron chi connectivity index (χ2n) is 4.45. The van der Waals surface area contributed by atoms with Gasteiger partial charge in [-0.15, -0.1) is 0 Å². The molecule has 0 bridgehead atoms. The van der Waals surface area contributed by atoms with Crippen LogP contribution in [0.4, 0.5) is 0 Å². The van der Waals surface area contributed by atoms with E-state index in [9.17, 15) is 0 Å². The fourth-order valence-electron chi connectivity index (χ4n) is 2.01. The van der Waals surface area contributed by atoms with E-state index in [1.54, 1.807) is 0 Å². The average Bonchev–Trinajstić information content (AvgIpc) is 2.39. The van der Waals surface area contributed by atoms with Crippen LogP contribution >= 0.6 is 23.5 Å². The lowest BCUT2D eigenvalue weighted by Crippen LogP contribution is -2.46. The van der Waals surface area contributed by atoms with E-state index in [4.69, 9.17) is 5.84 Å². The van der Waals surface area contributed by atoms with Crippen LogP contribution in [0.5, 0.6) is 0 Å². The zero-order chi connectivity index (χ0) is 12.1. The third-order valence-electron chi connectivity index (χ3n) is 3.08. The van der Waals surface area contributed by atoms with Gasteiger partial charge in [-0.3, -0.25) is 11.3 Å². The number of hydrazine groups is 1. The molecule has 0 aromatic heterocycles. The summed E-state index contributed by atoms with van der Waals surface area (Å²) in [6.07, 6.45) is 1.02. The van der Waals surface area contributed by atoms with Crippen molar-refractivity contribution in [2.75, 3.05) is 17.3 Å². The summed E-state index contributed by atoms with van der Waals surface area (Å²) in [4.78, 5) is 0. The third-order valence-corrected chi connectivity index (χ3v) is 6.00. The first-order valence-electron chi connectivity index (χ1n) is 6.00. The molecule has 1 fully saturated rings. The molecular formula is C13H20N2S2. The smallest absolute Gasteiger partial charge is 0.0377 e. The van der Waals surface area contributed by atoms with Crippen LogP contribution in [0.15, 0.2) is 24.3 Å². The maximum atomic E-state index is 5.71. The quantitative estimate of drug-likeness (QED) is 0.649. The van der Waals surface area contributed by atoms with Crippen molar-refractivity contribution in [3.8, 4) is 0 Å². The number of rotatable bonds is 4. The fourth-order valence-corrected chi connectivity index (χ4v) is 4.89. The second-order valence-corrected chi connectivity index (χ2v) is 6.94. The zero-order valence-corrected chi connectivity index (χ0v) is 11.8. The van der Waals surface area contributed by atoms with Gasteiger partial charge in [0.15, 0.2) is 0 Å². The standard InChI is InChI=1S/C13H20N2S2/c1-10-2-4-11(5-3-10)8-12(15-14)13-9-16-6-7-17-13/h2-5,12-13,15H,6-9,14H2,1H3. The summed E-state index contributed by atoms with van der Waals surface area (Å²) < 4.78 is 0. The first kappa shape index (κ1) is 13.3. The molecule has 1 aliphatic heterocycles. The summed E-state index contributed by atoms with van der Waals surface area (Å²) >= 11 is 4.10. The molecule has 0 saturated carbocycles. The van der Waals surface area contributed by atoms with Gasteiger partial charge in [-0.05, 0) is 18.9 Å². The summed E-state index contributed by atoms with van der Waals surface area (Å²) in [5, 5.41) is 0.639. The van der Waals surface area contributed by atoms with Crippen molar-refractivity contribution in [1.29, 1.82) is 0 Å². The van der Waals surface area contributed by atoms with Gasteiger partial charge in [0, 0.05) is 28.6 Å². The third kappa shape index (κ3) is 3.91. The van der Waals surface area contributed by atoms with E-state index in [-0.39, 0.29) is 0 Å². The van der Waals surface area contributed by atoms with Crippen molar-refractivity contribution >= 4 is 23.5 Å². The van der Waals surface area contributed by atoms with Crippen molar-refractivity contribution in [2.24, 2.45) is 5.84 Å². The Morgan fingerprint density at radius 1 is 1.35 bits per heavy atom. The lowest BCUT2D eigenvalue weighted by Gasteiger charge is -2.29. The Morgan fingerprint density at radius 2 is 2.12 bits per heavy atom. The van der Waals surface area contributed by atoms with Gasteiger partial charge in [0.05, 0.1) is 0 Å². The second kappa shape index (κ2) is 6.69. The summed E-state index contributed by atoms with van der Waals surface area (Å²) in [6, 6.07) is 9.15. The van der Waals surface area contributed by atoms with Crippen LogP contribution in [0.1, 0.15) is 11.1 Å². The SMILES string of the molecule is Cc1ccc(CC(NN)C2CSCCS2)cc1. The predicted octanol–water partition coefficient (Wildman–Crippen LogP) is 2.22. The molecule has 0 radical (unpaired) electrons. The monoisotopic (exact) mass is 268 g/mol. The van der Waals surface area contributed by atoms with Gasteiger partial charge >= 0.3 is 0 Å². The van der Waals surface area contributed by atoms with Gasteiger partial charge < -0.3 is 0 Å². The molecule has 0 aliphatic carbocycles. The minimum absolute atomic E-state index is 0.385. The van der Waals surface area contributed by atoms with E-state index in [1.807, 2.05) is 11.8 Å². The Morgan fingerprint density at radius 3 is 2.71 bits per heavy atom. The first-order valence-corrected chi connectivity index (χ1v) is 8.21. The molecule has 3 N–H and O–H groups in total. The first-order chi connectivity index (χ1) is 8.29. The van der Waals surface area contributed by atoms with Gasteiger partial charge in [-0.2, -0.15) is 23.5 Å². The minimum Gasteiger partial charge on any atom is -0.271 e. The lowest BCUT2D eigenvalue weighted by molar-refractivity contribution is 0.523. The summed E-state index contributed by atoms with van der Waals surface area (Å²) in [5.41, 5.74) is 5.68. The molecule has 1 saturated heterocycles. The Hall–Kier alpha value is -0.160. The average molecular weight is 268 g/mol. The van der Waals surface area contributed by atoms with Crippen LogP contribution in [0.25, 0.3) is 0 Å². The Bertz CT molecular complexity index is 334. The van der Waals surface area contributed by atoms with E-state index in [1.165, 1.54) is 28.4 Å². The zero-order valence-electron chi connectivity index (χ0n) is 10.2. The van der Waals surface area contributed by atoms with Crippen molar-refractivity contribution in [3.63, 3.8) is 0 Å². The summed E-state index contributed by atoms with van der Waals surface area (Å²) in [5.74, 6) is 9.45. The van der Waals surface area contributed by atoms with Crippen LogP contribution in [0.2, 0.25) is 0 Å². The Kier molecular flexibility index (Phi) is 5.22. The van der Waals surface area contributed by atoms with Crippen LogP contribution in [-0.2, 0) is 6.42 Å². The van der Waals surface area contributed by atoms with E-state index < -0.39 is 0 Å². The highest BCUT2D eigenvalue weighted by atomic mass is 32.2. The maximum Gasteiger partial charge on any atom is 0.0377 e. The van der Waals surface area contributed by atoms with E-state index in [0.29, 0.717) is 11.3 Å². The van der Waals surface area contributed by atoms with Gasteiger partial charge in [0.25, 0.3) is 0 Å². The van der Waals surface area contributed by atoms with Crippen LogP contribution < -0.4 is 11.3 Å². The molecule has 2 nitrogen and oxygen atoms in total. The molecule has 2 atom stereocenters. The van der Waals surface area contributed by atoms with Crippen molar-refractivity contribution in [2.45, 2.75) is 24.6 Å². The molecule has 1 aromatic rings. The summed E-state index contributed by atoms with van der Waals surface area (Å²) in [7, 11) is 0. The van der Waals surface area contributed by atoms with E-state index >= 15 is 0 Å². The number of thioether (sulfide) groups is 2. The van der Waals surface area contributed by atoms with Gasteiger partial charge in [0.1, 0.15) is 0 Å². The van der Waals surface area contributed by atoms with E-state index in [2.05, 4.69) is 48.4 Å². The number of hydrogen-bond donors (Lipinski definition) is 2. The van der Waals surface area contributed by atoms with Crippen LogP contribution in [0, 0.1) is 6.92 Å². The molecule has 1 aliphatic rings. The maximum absolute atomic E-state index is 5.71.